The third kappa shape index (κ3) is 6.25. The van der Waals surface area contributed by atoms with E-state index in [1.165, 1.54) is 6.42 Å². The zero-order valence-corrected chi connectivity index (χ0v) is 17.0. The summed E-state index contributed by atoms with van der Waals surface area (Å²) < 4.78 is 11.7. The standard InChI is InChI=1S/C21H38O3/c1-9-10-16-13-23-18(24-14-16)12-11-17(21(6,7)8)19(22)15(2)20(3,4)5/h11,16,18,22H,9-10,12-14H2,1-8H3/b17-11+,19-15-. The Kier molecular flexibility index (Phi) is 7.55. The summed E-state index contributed by atoms with van der Waals surface area (Å²) in [5.41, 5.74) is 1.80. The second-order valence-electron chi connectivity index (χ2n) is 9.08. The van der Waals surface area contributed by atoms with Gasteiger partial charge in [-0.3, -0.25) is 0 Å². The van der Waals surface area contributed by atoms with Gasteiger partial charge in [0.05, 0.1) is 13.2 Å². The molecular formula is C21H38O3. The molecule has 1 fully saturated rings. The quantitative estimate of drug-likeness (QED) is 0.492. The summed E-state index contributed by atoms with van der Waals surface area (Å²) in [6.07, 6.45) is 4.89. The fourth-order valence-corrected chi connectivity index (χ4v) is 2.82. The fourth-order valence-electron chi connectivity index (χ4n) is 2.82. The molecule has 3 nitrogen and oxygen atoms in total. The normalized spacial score (nSPS) is 24.8. The van der Waals surface area contributed by atoms with E-state index >= 15 is 0 Å². The van der Waals surface area contributed by atoms with Gasteiger partial charge in [0.2, 0.25) is 0 Å². The molecule has 1 saturated heterocycles. The highest BCUT2D eigenvalue weighted by Gasteiger charge is 2.27. The van der Waals surface area contributed by atoms with Crippen molar-refractivity contribution in [3.63, 3.8) is 0 Å². The molecule has 0 amide bonds. The third-order valence-electron chi connectivity index (χ3n) is 4.79. The fraction of sp³-hybridized carbons (Fsp3) is 0.810. The Labute approximate surface area is 149 Å². The van der Waals surface area contributed by atoms with Gasteiger partial charge in [-0.25, -0.2) is 0 Å². The van der Waals surface area contributed by atoms with Crippen LogP contribution in [0.15, 0.2) is 23.0 Å². The minimum absolute atomic E-state index is 0.0559. The lowest BCUT2D eigenvalue weighted by Gasteiger charge is -2.31. The molecular weight excluding hydrogens is 300 g/mol. The molecule has 0 aromatic carbocycles. The number of hydrogen-bond acceptors (Lipinski definition) is 3. The molecule has 0 bridgehead atoms. The molecule has 1 heterocycles. The molecule has 0 aromatic rings. The van der Waals surface area contributed by atoms with Gasteiger partial charge in [0.15, 0.2) is 6.29 Å². The Balaban J connectivity index is 2.86. The van der Waals surface area contributed by atoms with Crippen molar-refractivity contribution < 1.29 is 14.6 Å². The molecule has 0 radical (unpaired) electrons. The number of aliphatic hydroxyl groups is 1. The predicted molar refractivity (Wildman–Crippen MR) is 101 cm³/mol. The van der Waals surface area contributed by atoms with Crippen molar-refractivity contribution in [3.05, 3.63) is 23.0 Å². The van der Waals surface area contributed by atoms with Crippen LogP contribution in [0.4, 0.5) is 0 Å². The maximum absolute atomic E-state index is 10.8. The van der Waals surface area contributed by atoms with Crippen LogP contribution in [0.1, 0.15) is 74.7 Å². The number of ether oxygens (including phenoxy) is 2. The summed E-state index contributed by atoms with van der Waals surface area (Å²) in [6.45, 7) is 18.5. The topological polar surface area (TPSA) is 38.7 Å². The van der Waals surface area contributed by atoms with E-state index in [1.807, 2.05) is 6.92 Å². The molecule has 0 unspecified atom stereocenters. The number of hydrogen-bond donors (Lipinski definition) is 1. The smallest absolute Gasteiger partial charge is 0.161 e. The lowest BCUT2D eigenvalue weighted by atomic mass is 9.79. The van der Waals surface area contributed by atoms with Crippen molar-refractivity contribution in [3.8, 4) is 0 Å². The van der Waals surface area contributed by atoms with Gasteiger partial charge in [0.1, 0.15) is 5.76 Å². The van der Waals surface area contributed by atoms with Gasteiger partial charge in [-0.1, -0.05) is 61.0 Å². The Morgan fingerprint density at radius 3 is 2.00 bits per heavy atom. The Bertz CT molecular complexity index is 452. The summed E-state index contributed by atoms with van der Waals surface area (Å²) in [7, 11) is 0. The van der Waals surface area contributed by atoms with Crippen molar-refractivity contribution in [1.29, 1.82) is 0 Å². The molecule has 1 aliphatic heterocycles. The third-order valence-corrected chi connectivity index (χ3v) is 4.79. The van der Waals surface area contributed by atoms with E-state index in [0.29, 0.717) is 18.1 Å². The minimum atomic E-state index is -0.196. The highest BCUT2D eigenvalue weighted by atomic mass is 16.7. The van der Waals surface area contributed by atoms with E-state index in [0.717, 1.165) is 30.8 Å². The Hall–Kier alpha value is -0.800. The van der Waals surface area contributed by atoms with Crippen LogP contribution < -0.4 is 0 Å². The van der Waals surface area contributed by atoms with E-state index < -0.39 is 0 Å². The van der Waals surface area contributed by atoms with Crippen LogP contribution in [0.5, 0.6) is 0 Å². The van der Waals surface area contributed by atoms with Crippen LogP contribution in [-0.2, 0) is 9.47 Å². The predicted octanol–water partition coefficient (Wildman–Crippen LogP) is 6.02. The van der Waals surface area contributed by atoms with Gasteiger partial charge in [-0.2, -0.15) is 0 Å². The highest BCUT2D eigenvalue weighted by molar-refractivity contribution is 5.35. The average molecular weight is 339 g/mol. The van der Waals surface area contributed by atoms with Crippen molar-refractivity contribution in [2.45, 2.75) is 80.9 Å². The van der Waals surface area contributed by atoms with Gasteiger partial charge in [-0.15, -0.1) is 0 Å². The lowest BCUT2D eigenvalue weighted by molar-refractivity contribution is -0.198. The SMILES string of the molecule is CCCC1COC(C/C=C(\C(O)=C(/C)C(C)(C)C)C(C)(C)C)OC1. The summed E-state index contributed by atoms with van der Waals surface area (Å²) >= 11 is 0. The zero-order valence-electron chi connectivity index (χ0n) is 17.0. The first-order valence-electron chi connectivity index (χ1n) is 9.31. The van der Waals surface area contributed by atoms with Gasteiger partial charge >= 0.3 is 0 Å². The number of allylic oxidation sites excluding steroid dienone is 2. The zero-order chi connectivity index (χ0) is 18.5. The van der Waals surface area contributed by atoms with Crippen molar-refractivity contribution in [2.24, 2.45) is 16.7 Å². The molecule has 24 heavy (non-hydrogen) atoms. The molecule has 1 rings (SSSR count). The molecule has 0 aromatic heterocycles. The summed E-state index contributed by atoms with van der Waals surface area (Å²) in [5, 5.41) is 10.8. The first kappa shape index (κ1) is 21.2. The van der Waals surface area contributed by atoms with Crippen LogP contribution in [0.25, 0.3) is 0 Å². The molecule has 3 heteroatoms. The number of rotatable bonds is 5. The lowest BCUT2D eigenvalue weighted by Crippen LogP contribution is -2.31. The largest absolute Gasteiger partial charge is 0.508 e. The highest BCUT2D eigenvalue weighted by Crippen LogP contribution is 2.37. The van der Waals surface area contributed by atoms with Gasteiger partial charge < -0.3 is 14.6 Å². The molecule has 0 spiro atoms. The van der Waals surface area contributed by atoms with Gasteiger partial charge in [-0.05, 0) is 35.3 Å². The average Bonchev–Trinajstić information content (AvgIpc) is 2.46. The van der Waals surface area contributed by atoms with E-state index in [4.69, 9.17) is 9.47 Å². The van der Waals surface area contributed by atoms with Crippen LogP contribution in [0.2, 0.25) is 0 Å². The maximum Gasteiger partial charge on any atom is 0.161 e. The monoisotopic (exact) mass is 338 g/mol. The van der Waals surface area contributed by atoms with Crippen molar-refractivity contribution in [2.75, 3.05) is 13.2 Å². The van der Waals surface area contributed by atoms with E-state index in [2.05, 4.69) is 54.5 Å². The summed E-state index contributed by atoms with van der Waals surface area (Å²) in [6, 6.07) is 0. The van der Waals surface area contributed by atoms with Crippen molar-refractivity contribution in [1.82, 2.24) is 0 Å². The van der Waals surface area contributed by atoms with Crippen molar-refractivity contribution >= 4 is 0 Å². The second-order valence-corrected chi connectivity index (χ2v) is 9.08. The Morgan fingerprint density at radius 1 is 1.04 bits per heavy atom. The molecule has 1 aliphatic rings. The summed E-state index contributed by atoms with van der Waals surface area (Å²) in [4.78, 5) is 0. The second kappa shape index (κ2) is 8.53. The number of aliphatic hydroxyl groups excluding tert-OH is 1. The Morgan fingerprint density at radius 2 is 1.58 bits per heavy atom. The minimum Gasteiger partial charge on any atom is -0.508 e. The summed E-state index contributed by atoms with van der Waals surface area (Å²) in [5.74, 6) is 0.934. The molecule has 0 atom stereocenters. The maximum atomic E-state index is 10.8. The van der Waals surface area contributed by atoms with E-state index in [1.54, 1.807) is 0 Å². The molecule has 0 aliphatic carbocycles. The van der Waals surface area contributed by atoms with Crippen LogP contribution >= 0.6 is 0 Å². The van der Waals surface area contributed by atoms with E-state index in [9.17, 15) is 5.11 Å². The van der Waals surface area contributed by atoms with Crippen LogP contribution in [0.3, 0.4) is 0 Å². The van der Waals surface area contributed by atoms with Crippen LogP contribution in [0, 0.1) is 16.7 Å². The van der Waals surface area contributed by atoms with Crippen LogP contribution in [-0.4, -0.2) is 24.6 Å². The van der Waals surface area contributed by atoms with Gasteiger partial charge in [0.25, 0.3) is 0 Å². The van der Waals surface area contributed by atoms with E-state index in [-0.39, 0.29) is 17.1 Å². The molecule has 140 valence electrons. The molecule has 0 saturated carbocycles. The molecule has 1 N–H and O–H groups in total. The first-order chi connectivity index (χ1) is 11.0. The van der Waals surface area contributed by atoms with Gasteiger partial charge in [0, 0.05) is 12.3 Å². The first-order valence-corrected chi connectivity index (χ1v) is 9.31.